The first-order valence-corrected chi connectivity index (χ1v) is 12.4. The Morgan fingerprint density at radius 3 is 2.39 bits per heavy atom. The molecule has 1 amide bonds. The van der Waals surface area contributed by atoms with Crippen LogP contribution in [0.2, 0.25) is 0 Å². The highest BCUT2D eigenvalue weighted by Gasteiger charge is 2.21. The van der Waals surface area contributed by atoms with Gasteiger partial charge in [-0.2, -0.15) is 0 Å². The second-order valence-corrected chi connectivity index (χ2v) is 9.41. The lowest BCUT2D eigenvalue weighted by Gasteiger charge is -2.31. The number of nitrogens with one attached hydrogen (secondary N) is 3. The number of hydrogen-bond acceptors (Lipinski definition) is 5. The maximum atomic E-state index is 12.9. The van der Waals surface area contributed by atoms with Crippen LogP contribution in [0.3, 0.4) is 0 Å². The molecule has 2 aromatic carbocycles. The maximum Gasteiger partial charge on any atom is 0.261 e. The van der Waals surface area contributed by atoms with E-state index in [1.54, 1.807) is 24.3 Å². The molecule has 7 nitrogen and oxygen atoms in total. The normalized spacial score (nSPS) is 14.3. The van der Waals surface area contributed by atoms with Crippen LogP contribution in [0.25, 0.3) is 0 Å². The lowest BCUT2D eigenvalue weighted by molar-refractivity contribution is 0.0954. The van der Waals surface area contributed by atoms with Crippen LogP contribution < -0.4 is 20.3 Å². The van der Waals surface area contributed by atoms with E-state index in [1.807, 2.05) is 25.1 Å². The summed E-state index contributed by atoms with van der Waals surface area (Å²) in [6.07, 6.45) is 2.75. The number of benzene rings is 2. The van der Waals surface area contributed by atoms with Crippen LogP contribution in [-0.4, -0.2) is 47.0 Å². The molecule has 1 heterocycles. The predicted molar refractivity (Wildman–Crippen MR) is 125 cm³/mol. The minimum atomic E-state index is -3.75. The molecule has 3 N–H and O–H groups in total. The molecular formula is C23H32N4O3S. The Morgan fingerprint density at radius 1 is 1.03 bits per heavy atom. The van der Waals surface area contributed by atoms with Gasteiger partial charge < -0.3 is 15.5 Å². The summed E-state index contributed by atoms with van der Waals surface area (Å²) >= 11 is 0. The molecule has 168 valence electrons. The maximum absolute atomic E-state index is 12.9. The zero-order valence-corrected chi connectivity index (χ0v) is 19.1. The Bertz CT molecular complexity index is 984. The monoisotopic (exact) mass is 444 g/mol. The summed E-state index contributed by atoms with van der Waals surface area (Å²) in [7, 11) is -3.75. The summed E-state index contributed by atoms with van der Waals surface area (Å²) in [5.41, 5.74) is 2.78. The first-order chi connectivity index (χ1) is 14.9. The van der Waals surface area contributed by atoms with Gasteiger partial charge in [0, 0.05) is 44.1 Å². The van der Waals surface area contributed by atoms with E-state index in [9.17, 15) is 13.2 Å². The van der Waals surface area contributed by atoms with Crippen LogP contribution in [0.4, 0.5) is 11.4 Å². The van der Waals surface area contributed by atoms with E-state index in [2.05, 4.69) is 27.2 Å². The zero-order valence-electron chi connectivity index (χ0n) is 18.3. The minimum Gasteiger partial charge on any atom is -0.368 e. The molecule has 1 fully saturated rings. The number of hydrogen-bond donors (Lipinski definition) is 3. The van der Waals surface area contributed by atoms with Gasteiger partial charge in [0.25, 0.3) is 15.9 Å². The summed E-state index contributed by atoms with van der Waals surface area (Å²) in [6, 6.07) is 12.1. The van der Waals surface area contributed by atoms with E-state index in [0.717, 1.165) is 56.7 Å². The second kappa shape index (κ2) is 10.6. The van der Waals surface area contributed by atoms with Gasteiger partial charge in [0.15, 0.2) is 0 Å². The number of anilines is 2. The van der Waals surface area contributed by atoms with E-state index in [0.29, 0.717) is 17.8 Å². The summed E-state index contributed by atoms with van der Waals surface area (Å²) < 4.78 is 28.4. The third-order valence-corrected chi connectivity index (χ3v) is 6.66. The Hall–Kier alpha value is -2.58. The molecule has 8 heteroatoms. The third kappa shape index (κ3) is 5.98. The highest BCUT2D eigenvalue weighted by molar-refractivity contribution is 7.92. The highest BCUT2D eigenvalue weighted by atomic mass is 32.2. The van der Waals surface area contributed by atoms with Gasteiger partial charge in [-0.25, -0.2) is 8.42 Å². The van der Waals surface area contributed by atoms with E-state index >= 15 is 0 Å². The van der Waals surface area contributed by atoms with Crippen molar-refractivity contribution in [1.82, 2.24) is 10.6 Å². The largest absolute Gasteiger partial charge is 0.368 e. The van der Waals surface area contributed by atoms with Crippen LogP contribution in [0.15, 0.2) is 47.4 Å². The van der Waals surface area contributed by atoms with Crippen molar-refractivity contribution in [3.63, 3.8) is 0 Å². The number of piperazine rings is 1. The number of carbonyl (C=O) groups excluding carboxylic acids is 1. The van der Waals surface area contributed by atoms with Gasteiger partial charge in [-0.1, -0.05) is 32.4 Å². The van der Waals surface area contributed by atoms with Gasteiger partial charge in [0.2, 0.25) is 0 Å². The lowest BCUT2D eigenvalue weighted by Crippen LogP contribution is -2.44. The zero-order chi connectivity index (χ0) is 22.3. The molecular weight excluding hydrogens is 412 g/mol. The Labute approximate surface area is 185 Å². The highest BCUT2D eigenvalue weighted by Crippen LogP contribution is 2.26. The number of sulfonamides is 1. The standard InChI is InChI=1S/C23H32N4O3S/c1-3-5-18-6-9-20(10-7-18)31(29,30)26-19-8-11-22(27-15-13-24-14-16-27)21(17-19)23(28)25-12-4-2/h6-11,17,24,26H,3-5,12-16H2,1-2H3,(H,25,28). The van der Waals surface area contributed by atoms with Crippen LogP contribution in [0.1, 0.15) is 42.6 Å². The van der Waals surface area contributed by atoms with Crippen LogP contribution in [-0.2, 0) is 16.4 Å². The van der Waals surface area contributed by atoms with Crippen molar-refractivity contribution < 1.29 is 13.2 Å². The van der Waals surface area contributed by atoms with Crippen LogP contribution in [0.5, 0.6) is 0 Å². The van der Waals surface area contributed by atoms with Crippen LogP contribution in [0, 0.1) is 0 Å². The van der Waals surface area contributed by atoms with E-state index in [4.69, 9.17) is 0 Å². The van der Waals surface area contributed by atoms with Gasteiger partial charge in [0.05, 0.1) is 10.5 Å². The molecule has 31 heavy (non-hydrogen) atoms. The molecule has 1 aliphatic heterocycles. The van der Waals surface area contributed by atoms with Crippen molar-refractivity contribution in [3.05, 3.63) is 53.6 Å². The molecule has 0 saturated carbocycles. The van der Waals surface area contributed by atoms with Gasteiger partial charge in [-0.3, -0.25) is 9.52 Å². The fourth-order valence-corrected chi connectivity index (χ4v) is 4.68. The SMILES string of the molecule is CCCNC(=O)c1cc(NS(=O)(=O)c2ccc(CCC)cc2)ccc1N1CCNCC1. The summed E-state index contributed by atoms with van der Waals surface area (Å²) in [6.45, 7) is 7.93. The molecule has 0 bridgehead atoms. The summed E-state index contributed by atoms with van der Waals surface area (Å²) in [5.74, 6) is -0.194. The smallest absolute Gasteiger partial charge is 0.261 e. The number of amides is 1. The second-order valence-electron chi connectivity index (χ2n) is 7.72. The van der Waals surface area contributed by atoms with Gasteiger partial charge in [-0.15, -0.1) is 0 Å². The quantitative estimate of drug-likeness (QED) is 0.553. The molecule has 0 spiro atoms. The van der Waals surface area contributed by atoms with Gasteiger partial charge >= 0.3 is 0 Å². The minimum absolute atomic E-state index is 0.194. The topological polar surface area (TPSA) is 90.5 Å². The Balaban J connectivity index is 1.87. The lowest BCUT2D eigenvalue weighted by atomic mass is 10.1. The summed E-state index contributed by atoms with van der Waals surface area (Å²) in [4.78, 5) is 15.2. The van der Waals surface area contributed by atoms with E-state index in [-0.39, 0.29) is 10.8 Å². The van der Waals surface area contributed by atoms with Gasteiger partial charge in [-0.05, 0) is 48.7 Å². The average Bonchev–Trinajstić information content (AvgIpc) is 2.78. The number of aryl methyl sites for hydroxylation is 1. The van der Waals surface area contributed by atoms with Crippen molar-refractivity contribution in [3.8, 4) is 0 Å². The number of rotatable bonds is 9. The van der Waals surface area contributed by atoms with Crippen molar-refractivity contribution in [2.45, 2.75) is 38.0 Å². The van der Waals surface area contributed by atoms with Gasteiger partial charge in [0.1, 0.15) is 0 Å². The molecule has 1 aliphatic rings. The molecule has 0 aliphatic carbocycles. The fraction of sp³-hybridized carbons (Fsp3) is 0.435. The Kier molecular flexibility index (Phi) is 7.92. The van der Waals surface area contributed by atoms with E-state index < -0.39 is 10.0 Å². The molecule has 0 aromatic heterocycles. The van der Waals surface area contributed by atoms with Crippen molar-refractivity contribution in [1.29, 1.82) is 0 Å². The molecule has 3 rings (SSSR count). The predicted octanol–water partition coefficient (Wildman–Crippen LogP) is 2.99. The van der Waals surface area contributed by atoms with Crippen molar-refractivity contribution >= 4 is 27.3 Å². The molecule has 1 saturated heterocycles. The Morgan fingerprint density at radius 2 is 1.74 bits per heavy atom. The third-order valence-electron chi connectivity index (χ3n) is 5.26. The first-order valence-electron chi connectivity index (χ1n) is 10.9. The summed E-state index contributed by atoms with van der Waals surface area (Å²) in [5, 5.41) is 6.22. The average molecular weight is 445 g/mol. The molecule has 0 radical (unpaired) electrons. The number of nitrogens with zero attached hydrogens (tertiary/aromatic N) is 1. The first kappa shape index (κ1) is 23.1. The molecule has 2 aromatic rings. The fourth-order valence-electron chi connectivity index (χ4n) is 3.63. The molecule has 0 atom stereocenters. The van der Waals surface area contributed by atoms with Crippen molar-refractivity contribution in [2.24, 2.45) is 0 Å². The van der Waals surface area contributed by atoms with Crippen molar-refractivity contribution in [2.75, 3.05) is 42.3 Å². The molecule has 0 unspecified atom stereocenters. The van der Waals surface area contributed by atoms with Crippen LogP contribution >= 0.6 is 0 Å². The number of carbonyl (C=O) groups is 1. The van der Waals surface area contributed by atoms with E-state index in [1.165, 1.54) is 0 Å².